The van der Waals surface area contributed by atoms with Crippen molar-refractivity contribution < 1.29 is 12.8 Å². The van der Waals surface area contributed by atoms with Gasteiger partial charge in [-0.3, -0.25) is 0 Å². The van der Waals surface area contributed by atoms with Gasteiger partial charge in [-0.15, -0.1) is 0 Å². The molecule has 1 aromatic heterocycles. The van der Waals surface area contributed by atoms with Gasteiger partial charge in [-0.05, 0) is 42.9 Å². The summed E-state index contributed by atoms with van der Waals surface area (Å²) < 4.78 is 33.7. The number of benzene rings is 2. The second-order valence-electron chi connectivity index (χ2n) is 6.87. The smallest absolute Gasteiger partial charge is 0.236 e. The summed E-state index contributed by atoms with van der Waals surface area (Å²) in [6.45, 7) is 6.20. The third kappa shape index (κ3) is 4.10. The molecule has 0 saturated carbocycles. The van der Waals surface area contributed by atoms with Crippen LogP contribution in [0.15, 0.2) is 73.4 Å². The maximum absolute atomic E-state index is 13.4. The van der Waals surface area contributed by atoms with Gasteiger partial charge >= 0.3 is 0 Å². The van der Waals surface area contributed by atoms with Crippen LogP contribution in [0.5, 0.6) is 0 Å². The average Bonchev–Trinajstić information content (AvgIpc) is 3.21. The van der Waals surface area contributed by atoms with Gasteiger partial charge in [-0.1, -0.05) is 41.1 Å². The van der Waals surface area contributed by atoms with Crippen LogP contribution in [0.25, 0.3) is 11.5 Å². The Balaban J connectivity index is 1.79. The van der Waals surface area contributed by atoms with Gasteiger partial charge in [0.2, 0.25) is 26.6 Å². The van der Waals surface area contributed by atoms with Crippen molar-refractivity contribution in [1.29, 1.82) is 0 Å². The Hall–Kier alpha value is -2.16. The molecule has 29 heavy (non-hydrogen) atoms. The predicted octanol–water partition coefficient (Wildman–Crippen LogP) is 4.08. The molecule has 0 N–H and O–H groups in total. The van der Waals surface area contributed by atoms with E-state index in [0.717, 1.165) is 29.7 Å². The van der Waals surface area contributed by atoms with Crippen molar-refractivity contribution >= 4 is 31.7 Å². The van der Waals surface area contributed by atoms with Crippen LogP contribution in [0.1, 0.15) is 6.92 Å². The van der Waals surface area contributed by atoms with Gasteiger partial charge in [0.05, 0.1) is 4.90 Å². The van der Waals surface area contributed by atoms with E-state index in [1.807, 2.05) is 35.2 Å². The van der Waals surface area contributed by atoms with E-state index in [2.05, 4.69) is 32.7 Å². The van der Waals surface area contributed by atoms with Gasteiger partial charge in [-0.25, -0.2) is 8.42 Å². The lowest BCUT2D eigenvalue weighted by atomic mass is 10.2. The molecule has 0 amide bonds. The quantitative estimate of drug-likeness (QED) is 0.553. The van der Waals surface area contributed by atoms with E-state index in [1.165, 1.54) is 0 Å². The zero-order chi connectivity index (χ0) is 20.4. The van der Waals surface area contributed by atoms with Crippen LogP contribution in [0.3, 0.4) is 0 Å². The Morgan fingerprint density at radius 1 is 1.00 bits per heavy atom. The zero-order valence-corrected chi connectivity index (χ0v) is 18.5. The van der Waals surface area contributed by atoms with Crippen molar-refractivity contribution in [3.05, 3.63) is 59.1 Å². The number of nitrogens with zero attached hydrogens (tertiary/aromatic N) is 3. The van der Waals surface area contributed by atoms with Crippen LogP contribution in [-0.2, 0) is 9.84 Å². The second kappa shape index (κ2) is 8.30. The van der Waals surface area contributed by atoms with E-state index >= 15 is 0 Å². The first-order valence-corrected chi connectivity index (χ1v) is 11.8. The molecule has 6 nitrogen and oxygen atoms in total. The van der Waals surface area contributed by atoms with E-state index in [9.17, 15) is 8.42 Å². The third-order valence-corrected chi connectivity index (χ3v) is 7.28. The molecule has 1 saturated heterocycles. The van der Waals surface area contributed by atoms with Crippen LogP contribution < -0.4 is 4.90 Å². The first-order valence-electron chi connectivity index (χ1n) is 9.53. The largest absolute Gasteiger partial charge is 0.419 e. The Morgan fingerprint density at radius 3 is 2.28 bits per heavy atom. The summed E-state index contributed by atoms with van der Waals surface area (Å²) >= 11 is 3.35. The number of halogens is 1. The normalized spacial score (nSPS) is 15.6. The molecule has 1 aliphatic heterocycles. The lowest BCUT2D eigenvalue weighted by molar-refractivity contribution is 0.266. The number of sulfone groups is 1. The van der Waals surface area contributed by atoms with Crippen LogP contribution in [-0.4, -0.2) is 51.0 Å². The van der Waals surface area contributed by atoms with Crippen LogP contribution in [0.4, 0.5) is 5.88 Å². The van der Waals surface area contributed by atoms with Gasteiger partial charge in [0.15, 0.2) is 0 Å². The number of rotatable bonds is 5. The number of aromatic nitrogens is 1. The number of piperazine rings is 1. The fraction of sp³-hybridized carbons (Fsp3) is 0.286. The van der Waals surface area contributed by atoms with Crippen molar-refractivity contribution in [2.24, 2.45) is 0 Å². The van der Waals surface area contributed by atoms with Crippen LogP contribution >= 0.6 is 15.9 Å². The molecule has 0 spiro atoms. The molecule has 8 heteroatoms. The minimum atomic E-state index is -3.82. The van der Waals surface area contributed by atoms with Crippen molar-refractivity contribution in [3.8, 4) is 11.5 Å². The Labute approximate surface area is 179 Å². The molecule has 1 aliphatic rings. The highest BCUT2D eigenvalue weighted by Crippen LogP contribution is 2.35. The van der Waals surface area contributed by atoms with E-state index < -0.39 is 9.84 Å². The molecule has 2 aromatic carbocycles. The van der Waals surface area contributed by atoms with Gasteiger partial charge in [0.25, 0.3) is 0 Å². The number of oxazole rings is 1. The second-order valence-corrected chi connectivity index (χ2v) is 9.65. The minimum absolute atomic E-state index is 0.0244. The molecule has 152 valence electrons. The molecule has 1 fully saturated rings. The van der Waals surface area contributed by atoms with E-state index in [-0.39, 0.29) is 9.92 Å². The SMILES string of the molecule is CCN1CCN(c2oc(-c3ccccc3)nc2S(=O)(=O)c2ccc(Br)cc2)CC1. The summed E-state index contributed by atoms with van der Waals surface area (Å²) in [7, 11) is -3.82. The third-order valence-electron chi connectivity index (χ3n) is 5.09. The maximum atomic E-state index is 13.4. The standard InChI is InChI=1S/C21H22BrN3O3S/c1-2-24-12-14-25(15-13-24)21-20(23-19(28-21)16-6-4-3-5-7-16)29(26,27)18-10-8-17(22)9-11-18/h3-11H,2,12-15H2,1H3. The molecule has 2 heterocycles. The highest BCUT2D eigenvalue weighted by atomic mass is 79.9. The molecule has 3 aromatic rings. The molecular formula is C21H22BrN3O3S. The molecule has 0 atom stereocenters. The summed E-state index contributed by atoms with van der Waals surface area (Å²) in [4.78, 5) is 8.95. The fourth-order valence-corrected chi connectivity index (χ4v) is 4.96. The van der Waals surface area contributed by atoms with Crippen molar-refractivity contribution in [1.82, 2.24) is 9.88 Å². The highest BCUT2D eigenvalue weighted by molar-refractivity contribution is 9.10. The first-order chi connectivity index (χ1) is 14.0. The number of likely N-dealkylation sites (N-methyl/N-ethyl adjacent to an activating group) is 1. The zero-order valence-electron chi connectivity index (χ0n) is 16.1. The molecule has 0 aliphatic carbocycles. The summed E-state index contributed by atoms with van der Waals surface area (Å²) in [6, 6.07) is 16.0. The van der Waals surface area contributed by atoms with E-state index in [1.54, 1.807) is 24.3 Å². The Bertz CT molecular complexity index is 1070. The van der Waals surface area contributed by atoms with Crippen molar-refractivity contribution in [2.45, 2.75) is 16.8 Å². The molecular weight excluding hydrogens is 454 g/mol. The number of hydrogen-bond donors (Lipinski definition) is 0. The average molecular weight is 476 g/mol. The number of anilines is 1. The molecule has 0 bridgehead atoms. The van der Waals surface area contributed by atoms with Gasteiger partial charge in [0.1, 0.15) is 0 Å². The van der Waals surface area contributed by atoms with E-state index in [4.69, 9.17) is 4.42 Å². The Morgan fingerprint density at radius 2 is 1.66 bits per heavy atom. The van der Waals surface area contributed by atoms with Gasteiger partial charge < -0.3 is 14.2 Å². The summed E-state index contributed by atoms with van der Waals surface area (Å²) in [5, 5.41) is -0.0244. The van der Waals surface area contributed by atoms with Gasteiger partial charge in [0, 0.05) is 36.2 Å². The predicted molar refractivity (Wildman–Crippen MR) is 116 cm³/mol. The summed E-state index contributed by atoms with van der Waals surface area (Å²) in [5.41, 5.74) is 0.748. The summed E-state index contributed by atoms with van der Waals surface area (Å²) in [5.74, 6) is 0.636. The monoisotopic (exact) mass is 475 g/mol. The lowest BCUT2D eigenvalue weighted by Crippen LogP contribution is -2.46. The lowest BCUT2D eigenvalue weighted by Gasteiger charge is -2.33. The molecule has 0 unspecified atom stereocenters. The van der Waals surface area contributed by atoms with Crippen LogP contribution in [0.2, 0.25) is 0 Å². The maximum Gasteiger partial charge on any atom is 0.236 e. The van der Waals surface area contributed by atoms with Gasteiger partial charge in [-0.2, -0.15) is 4.98 Å². The van der Waals surface area contributed by atoms with Crippen molar-refractivity contribution in [3.63, 3.8) is 0 Å². The topological polar surface area (TPSA) is 66.7 Å². The molecule has 0 radical (unpaired) electrons. The highest BCUT2D eigenvalue weighted by Gasteiger charge is 2.32. The van der Waals surface area contributed by atoms with E-state index in [0.29, 0.717) is 24.9 Å². The fourth-order valence-electron chi connectivity index (χ4n) is 3.37. The molecule has 4 rings (SSSR count). The Kier molecular flexibility index (Phi) is 5.76. The number of hydrogen-bond acceptors (Lipinski definition) is 6. The van der Waals surface area contributed by atoms with Crippen LogP contribution in [0, 0.1) is 0 Å². The first kappa shape index (κ1) is 20.1. The summed E-state index contributed by atoms with van der Waals surface area (Å²) in [6.07, 6.45) is 0. The minimum Gasteiger partial charge on any atom is -0.419 e. The van der Waals surface area contributed by atoms with Crippen molar-refractivity contribution in [2.75, 3.05) is 37.6 Å².